The fourth-order valence-corrected chi connectivity index (χ4v) is 3.42. The highest BCUT2D eigenvalue weighted by molar-refractivity contribution is 5.77. The molecule has 0 unspecified atom stereocenters. The van der Waals surface area contributed by atoms with Crippen molar-refractivity contribution in [3.05, 3.63) is 12.7 Å². The molecular formula is C17H29N3O2. The monoisotopic (exact) mass is 307 g/mol. The molecule has 1 spiro atoms. The van der Waals surface area contributed by atoms with Crippen LogP contribution < -0.4 is 5.32 Å². The number of piperidine rings is 2. The highest BCUT2D eigenvalue weighted by atomic mass is 16.2. The third-order valence-corrected chi connectivity index (χ3v) is 5.19. The first-order chi connectivity index (χ1) is 10.5. The van der Waals surface area contributed by atoms with Crippen LogP contribution in [-0.4, -0.2) is 54.0 Å². The van der Waals surface area contributed by atoms with Gasteiger partial charge in [-0.05, 0) is 38.0 Å². The van der Waals surface area contributed by atoms with Crippen LogP contribution in [0.2, 0.25) is 0 Å². The summed E-state index contributed by atoms with van der Waals surface area (Å²) in [4.78, 5) is 28.0. The fraction of sp³-hybridized carbons (Fsp3) is 0.765. The lowest BCUT2D eigenvalue weighted by Crippen LogP contribution is -2.54. The van der Waals surface area contributed by atoms with E-state index in [1.54, 1.807) is 6.08 Å². The van der Waals surface area contributed by atoms with Crippen molar-refractivity contribution in [2.24, 2.45) is 5.41 Å². The lowest BCUT2D eigenvalue weighted by Gasteiger charge is -2.47. The SMILES string of the molecule is C=CCN1CC2(CCC1=O)CCN(C(=O)N[C@@H](C)CC)CC2. The van der Waals surface area contributed by atoms with Crippen molar-refractivity contribution in [1.29, 1.82) is 0 Å². The van der Waals surface area contributed by atoms with Crippen LogP contribution in [0.25, 0.3) is 0 Å². The van der Waals surface area contributed by atoms with Crippen LogP contribution in [-0.2, 0) is 4.79 Å². The zero-order chi connectivity index (χ0) is 16.2. The summed E-state index contributed by atoms with van der Waals surface area (Å²) in [5.74, 6) is 0.238. The van der Waals surface area contributed by atoms with Gasteiger partial charge in [-0.2, -0.15) is 0 Å². The van der Waals surface area contributed by atoms with E-state index < -0.39 is 0 Å². The molecule has 0 aromatic carbocycles. The summed E-state index contributed by atoms with van der Waals surface area (Å²) in [6.45, 7) is 10.9. The molecule has 5 nitrogen and oxygen atoms in total. The molecule has 0 saturated carbocycles. The van der Waals surface area contributed by atoms with Gasteiger partial charge in [0.1, 0.15) is 0 Å². The molecule has 3 amide bonds. The van der Waals surface area contributed by atoms with E-state index in [1.807, 2.05) is 16.7 Å². The topological polar surface area (TPSA) is 52.7 Å². The van der Waals surface area contributed by atoms with Crippen LogP contribution >= 0.6 is 0 Å². The van der Waals surface area contributed by atoms with E-state index in [2.05, 4.69) is 18.8 Å². The van der Waals surface area contributed by atoms with Crippen molar-refractivity contribution >= 4 is 11.9 Å². The Morgan fingerprint density at radius 1 is 1.41 bits per heavy atom. The third-order valence-electron chi connectivity index (χ3n) is 5.19. The first-order valence-corrected chi connectivity index (χ1v) is 8.44. The lowest BCUT2D eigenvalue weighted by atomic mass is 9.72. The first-order valence-electron chi connectivity index (χ1n) is 8.44. The molecule has 22 heavy (non-hydrogen) atoms. The molecule has 0 bridgehead atoms. The number of likely N-dealkylation sites (tertiary alicyclic amines) is 2. The predicted octanol–water partition coefficient (Wildman–Crippen LogP) is 2.39. The maximum absolute atomic E-state index is 12.2. The number of rotatable bonds is 4. The largest absolute Gasteiger partial charge is 0.338 e. The van der Waals surface area contributed by atoms with Gasteiger partial charge in [0.05, 0.1) is 0 Å². The van der Waals surface area contributed by atoms with Crippen molar-refractivity contribution < 1.29 is 9.59 Å². The molecule has 124 valence electrons. The fourth-order valence-electron chi connectivity index (χ4n) is 3.42. The van der Waals surface area contributed by atoms with Crippen molar-refractivity contribution in [2.75, 3.05) is 26.2 Å². The second-order valence-electron chi connectivity index (χ2n) is 6.81. The van der Waals surface area contributed by atoms with Crippen molar-refractivity contribution in [3.8, 4) is 0 Å². The van der Waals surface area contributed by atoms with Gasteiger partial charge in [0.25, 0.3) is 0 Å². The van der Waals surface area contributed by atoms with Crippen LogP contribution in [0.15, 0.2) is 12.7 Å². The van der Waals surface area contributed by atoms with Gasteiger partial charge in [-0.1, -0.05) is 13.0 Å². The van der Waals surface area contributed by atoms with Crippen LogP contribution in [0.5, 0.6) is 0 Å². The minimum atomic E-state index is 0.0547. The number of nitrogens with one attached hydrogen (secondary N) is 1. The number of amides is 3. The quantitative estimate of drug-likeness (QED) is 0.811. The molecule has 0 radical (unpaired) electrons. The van der Waals surface area contributed by atoms with E-state index in [9.17, 15) is 9.59 Å². The molecule has 2 saturated heterocycles. The van der Waals surface area contributed by atoms with Crippen molar-refractivity contribution in [2.45, 2.75) is 52.0 Å². The smallest absolute Gasteiger partial charge is 0.317 e. The van der Waals surface area contributed by atoms with Crippen molar-refractivity contribution in [1.82, 2.24) is 15.1 Å². The standard InChI is InChI=1S/C17H29N3O2/c1-4-10-20-13-17(7-6-15(20)21)8-11-19(12-9-17)16(22)18-14(3)5-2/h4,14H,1,5-13H2,2-3H3,(H,18,22)/t14-/m0/s1. The number of carbonyl (C=O) groups is 2. The average Bonchev–Trinajstić information content (AvgIpc) is 2.52. The number of urea groups is 1. The van der Waals surface area contributed by atoms with Gasteiger partial charge in [-0.25, -0.2) is 4.79 Å². The number of hydrogen-bond acceptors (Lipinski definition) is 2. The molecule has 2 aliphatic heterocycles. The average molecular weight is 307 g/mol. The summed E-state index contributed by atoms with van der Waals surface area (Å²) in [6.07, 6.45) is 6.31. The summed E-state index contributed by atoms with van der Waals surface area (Å²) in [5.41, 5.74) is 0.198. The van der Waals surface area contributed by atoms with Gasteiger partial charge in [0.2, 0.25) is 5.91 Å². The summed E-state index contributed by atoms with van der Waals surface area (Å²) < 4.78 is 0. The summed E-state index contributed by atoms with van der Waals surface area (Å²) in [6, 6.07) is 0.276. The Kier molecular flexibility index (Phi) is 5.48. The Labute approximate surface area is 133 Å². The highest BCUT2D eigenvalue weighted by Crippen LogP contribution is 2.40. The van der Waals surface area contributed by atoms with E-state index in [0.29, 0.717) is 13.0 Å². The summed E-state index contributed by atoms with van der Waals surface area (Å²) >= 11 is 0. The molecule has 0 aromatic rings. The molecule has 1 atom stereocenters. The Bertz CT molecular complexity index is 428. The van der Waals surface area contributed by atoms with Gasteiger partial charge >= 0.3 is 6.03 Å². The van der Waals surface area contributed by atoms with Gasteiger partial charge < -0.3 is 15.1 Å². The second kappa shape index (κ2) is 7.16. The molecular weight excluding hydrogens is 278 g/mol. The summed E-state index contributed by atoms with van der Waals surface area (Å²) in [5, 5.41) is 3.04. The maximum atomic E-state index is 12.2. The minimum absolute atomic E-state index is 0.0547. The van der Waals surface area contributed by atoms with E-state index in [-0.39, 0.29) is 23.4 Å². The van der Waals surface area contributed by atoms with Gasteiger partial charge in [-0.15, -0.1) is 6.58 Å². The number of nitrogens with zero attached hydrogens (tertiary/aromatic N) is 2. The second-order valence-corrected chi connectivity index (χ2v) is 6.81. The Hall–Kier alpha value is -1.52. The molecule has 0 aliphatic carbocycles. The summed E-state index contributed by atoms with van der Waals surface area (Å²) in [7, 11) is 0. The normalized spacial score (nSPS) is 22.5. The predicted molar refractivity (Wildman–Crippen MR) is 87.5 cm³/mol. The van der Waals surface area contributed by atoms with Crippen LogP contribution in [0, 0.1) is 5.41 Å². The molecule has 2 aliphatic rings. The Morgan fingerprint density at radius 2 is 2.09 bits per heavy atom. The molecule has 1 N–H and O–H groups in total. The van der Waals surface area contributed by atoms with Crippen LogP contribution in [0.1, 0.15) is 46.0 Å². The maximum Gasteiger partial charge on any atom is 0.317 e. The van der Waals surface area contributed by atoms with Gasteiger partial charge in [0.15, 0.2) is 0 Å². The zero-order valence-electron chi connectivity index (χ0n) is 13.9. The van der Waals surface area contributed by atoms with Crippen molar-refractivity contribution in [3.63, 3.8) is 0 Å². The molecule has 2 rings (SSSR count). The van der Waals surface area contributed by atoms with E-state index >= 15 is 0 Å². The zero-order valence-corrected chi connectivity index (χ0v) is 13.9. The van der Waals surface area contributed by atoms with Crippen LogP contribution in [0.4, 0.5) is 4.79 Å². The molecule has 2 heterocycles. The third kappa shape index (κ3) is 3.81. The highest BCUT2D eigenvalue weighted by Gasteiger charge is 2.41. The molecule has 5 heteroatoms. The first kappa shape index (κ1) is 16.8. The van der Waals surface area contributed by atoms with Gasteiger partial charge in [0, 0.05) is 38.6 Å². The molecule has 2 fully saturated rings. The van der Waals surface area contributed by atoms with E-state index in [1.165, 1.54) is 0 Å². The van der Waals surface area contributed by atoms with E-state index in [0.717, 1.165) is 45.3 Å². The Balaban J connectivity index is 1.89. The number of carbonyl (C=O) groups excluding carboxylic acids is 2. The minimum Gasteiger partial charge on any atom is -0.338 e. The Morgan fingerprint density at radius 3 is 2.68 bits per heavy atom. The van der Waals surface area contributed by atoms with Gasteiger partial charge in [-0.3, -0.25) is 4.79 Å². The molecule has 0 aromatic heterocycles. The number of hydrogen-bond donors (Lipinski definition) is 1. The van der Waals surface area contributed by atoms with E-state index in [4.69, 9.17) is 0 Å². The van der Waals surface area contributed by atoms with Crippen LogP contribution in [0.3, 0.4) is 0 Å². The lowest BCUT2D eigenvalue weighted by molar-refractivity contribution is -0.138.